The molecule has 0 heterocycles. The van der Waals surface area contributed by atoms with E-state index in [2.05, 4.69) is 10.6 Å². The number of nitrogens with two attached hydrogens (primary N) is 1. The number of carbonyl (C=O) groups excluding carboxylic acids is 2. The maximum atomic E-state index is 12.5. The standard InChI is InChI=1S/C16H25N3O2/c1-15(2,16(3,4)17)14(21)19-12-9-7-6-8-11(12)10-13(20)18-5/h6-9H,10,17H2,1-5H3,(H,18,20)(H,19,21). The Kier molecular flexibility index (Phi) is 5.12. The van der Waals surface area contributed by atoms with Crippen LogP contribution in [-0.4, -0.2) is 24.4 Å². The van der Waals surface area contributed by atoms with Crippen molar-refractivity contribution in [2.75, 3.05) is 12.4 Å². The number of anilines is 1. The molecule has 1 aromatic carbocycles. The van der Waals surface area contributed by atoms with E-state index in [0.717, 1.165) is 5.56 Å². The van der Waals surface area contributed by atoms with Crippen LogP contribution in [0, 0.1) is 5.41 Å². The van der Waals surface area contributed by atoms with Gasteiger partial charge in [-0.15, -0.1) is 0 Å². The molecule has 2 amide bonds. The Morgan fingerprint density at radius 3 is 2.24 bits per heavy atom. The van der Waals surface area contributed by atoms with E-state index in [1.807, 2.05) is 45.9 Å². The molecular weight excluding hydrogens is 266 g/mol. The van der Waals surface area contributed by atoms with E-state index in [0.29, 0.717) is 5.69 Å². The van der Waals surface area contributed by atoms with Crippen LogP contribution in [0.2, 0.25) is 0 Å². The van der Waals surface area contributed by atoms with Gasteiger partial charge < -0.3 is 16.4 Å². The van der Waals surface area contributed by atoms with Gasteiger partial charge in [0.05, 0.1) is 11.8 Å². The number of benzene rings is 1. The molecule has 0 saturated carbocycles. The Hall–Kier alpha value is -1.88. The lowest BCUT2D eigenvalue weighted by molar-refractivity contribution is -0.126. The highest BCUT2D eigenvalue weighted by molar-refractivity contribution is 5.97. The zero-order valence-corrected chi connectivity index (χ0v) is 13.4. The van der Waals surface area contributed by atoms with Crippen LogP contribution in [0.15, 0.2) is 24.3 Å². The van der Waals surface area contributed by atoms with Crippen molar-refractivity contribution in [2.24, 2.45) is 11.1 Å². The predicted octanol–water partition coefficient (Wildman–Crippen LogP) is 1.68. The summed E-state index contributed by atoms with van der Waals surface area (Å²) in [7, 11) is 1.59. The highest BCUT2D eigenvalue weighted by atomic mass is 16.2. The first-order chi connectivity index (χ1) is 9.59. The van der Waals surface area contributed by atoms with Crippen molar-refractivity contribution in [1.82, 2.24) is 5.32 Å². The number of rotatable bonds is 5. The Balaban J connectivity index is 2.98. The Morgan fingerprint density at radius 2 is 1.71 bits per heavy atom. The van der Waals surface area contributed by atoms with E-state index < -0.39 is 11.0 Å². The number of hydrogen-bond acceptors (Lipinski definition) is 3. The van der Waals surface area contributed by atoms with Gasteiger partial charge in [0.25, 0.3) is 0 Å². The van der Waals surface area contributed by atoms with Crippen molar-refractivity contribution in [2.45, 2.75) is 39.7 Å². The molecule has 0 spiro atoms. The normalized spacial score (nSPS) is 11.9. The molecule has 116 valence electrons. The molecular formula is C16H25N3O2. The minimum absolute atomic E-state index is 0.102. The SMILES string of the molecule is CNC(=O)Cc1ccccc1NC(=O)C(C)(C)C(C)(C)N. The van der Waals surface area contributed by atoms with Gasteiger partial charge in [-0.2, -0.15) is 0 Å². The van der Waals surface area contributed by atoms with Crippen molar-refractivity contribution < 1.29 is 9.59 Å². The second kappa shape index (κ2) is 6.26. The van der Waals surface area contributed by atoms with Crippen molar-refractivity contribution >= 4 is 17.5 Å². The number of amides is 2. The van der Waals surface area contributed by atoms with E-state index in [1.165, 1.54) is 0 Å². The molecule has 5 heteroatoms. The molecule has 4 N–H and O–H groups in total. The fourth-order valence-electron chi connectivity index (χ4n) is 1.63. The third kappa shape index (κ3) is 4.04. The van der Waals surface area contributed by atoms with Gasteiger partial charge in [-0.05, 0) is 39.3 Å². The summed E-state index contributed by atoms with van der Waals surface area (Å²) in [5.74, 6) is -0.269. The Labute approximate surface area is 126 Å². The molecule has 5 nitrogen and oxygen atoms in total. The molecule has 1 aromatic rings. The first-order valence-corrected chi connectivity index (χ1v) is 6.98. The molecule has 0 aromatic heterocycles. The second-order valence-electron chi connectivity index (χ2n) is 6.31. The lowest BCUT2D eigenvalue weighted by atomic mass is 9.74. The molecule has 1 rings (SSSR count). The molecule has 0 aliphatic rings. The van der Waals surface area contributed by atoms with Crippen LogP contribution in [0.1, 0.15) is 33.3 Å². The smallest absolute Gasteiger partial charge is 0.231 e. The molecule has 0 fully saturated rings. The van der Waals surface area contributed by atoms with Crippen LogP contribution < -0.4 is 16.4 Å². The lowest BCUT2D eigenvalue weighted by Gasteiger charge is -2.37. The number of likely N-dealkylation sites (N-methyl/N-ethyl adjacent to an activating group) is 1. The van der Waals surface area contributed by atoms with Crippen molar-refractivity contribution in [3.63, 3.8) is 0 Å². The summed E-state index contributed by atoms with van der Waals surface area (Å²) >= 11 is 0. The van der Waals surface area contributed by atoms with Crippen molar-refractivity contribution in [1.29, 1.82) is 0 Å². The number of para-hydroxylation sites is 1. The fourth-order valence-corrected chi connectivity index (χ4v) is 1.63. The fraction of sp³-hybridized carbons (Fsp3) is 0.500. The van der Waals surface area contributed by atoms with Gasteiger partial charge in [-0.1, -0.05) is 18.2 Å². The Bertz CT molecular complexity index is 531. The van der Waals surface area contributed by atoms with Crippen LogP contribution in [0.25, 0.3) is 0 Å². The van der Waals surface area contributed by atoms with Crippen LogP contribution in [0.3, 0.4) is 0 Å². The quantitative estimate of drug-likeness (QED) is 0.771. The summed E-state index contributed by atoms with van der Waals surface area (Å²) in [6, 6.07) is 7.27. The summed E-state index contributed by atoms with van der Waals surface area (Å²) in [5.41, 5.74) is 6.10. The van der Waals surface area contributed by atoms with Gasteiger partial charge in [0.2, 0.25) is 11.8 Å². The third-order valence-corrected chi connectivity index (χ3v) is 4.07. The maximum Gasteiger partial charge on any atom is 0.231 e. The van der Waals surface area contributed by atoms with Crippen LogP contribution in [0.5, 0.6) is 0 Å². The summed E-state index contributed by atoms with van der Waals surface area (Å²) in [5, 5.41) is 5.46. The molecule has 0 radical (unpaired) electrons. The van der Waals surface area contributed by atoms with Crippen LogP contribution >= 0.6 is 0 Å². The highest BCUT2D eigenvalue weighted by Crippen LogP contribution is 2.30. The van der Waals surface area contributed by atoms with Gasteiger partial charge in [-0.3, -0.25) is 9.59 Å². The predicted molar refractivity (Wildman–Crippen MR) is 84.9 cm³/mol. The van der Waals surface area contributed by atoms with Gasteiger partial charge in [0.1, 0.15) is 0 Å². The second-order valence-corrected chi connectivity index (χ2v) is 6.31. The minimum atomic E-state index is -0.743. The molecule has 0 atom stereocenters. The van der Waals surface area contributed by atoms with E-state index in [-0.39, 0.29) is 18.2 Å². The number of carbonyl (C=O) groups is 2. The monoisotopic (exact) mass is 291 g/mol. The van der Waals surface area contributed by atoms with Crippen molar-refractivity contribution in [3.05, 3.63) is 29.8 Å². The largest absolute Gasteiger partial charge is 0.359 e. The number of nitrogens with one attached hydrogen (secondary N) is 2. The van der Waals surface area contributed by atoms with Crippen LogP contribution in [-0.2, 0) is 16.0 Å². The zero-order valence-electron chi connectivity index (χ0n) is 13.4. The van der Waals surface area contributed by atoms with Crippen LogP contribution in [0.4, 0.5) is 5.69 Å². The highest BCUT2D eigenvalue weighted by Gasteiger charge is 2.40. The lowest BCUT2D eigenvalue weighted by Crippen LogP contribution is -2.53. The first-order valence-electron chi connectivity index (χ1n) is 6.98. The zero-order chi connectivity index (χ0) is 16.3. The molecule has 0 saturated heterocycles. The summed E-state index contributed by atoms with van der Waals surface area (Å²) in [6.45, 7) is 7.26. The first kappa shape index (κ1) is 17.2. The molecule has 0 bridgehead atoms. The van der Waals surface area contributed by atoms with Gasteiger partial charge in [0, 0.05) is 18.3 Å². The summed E-state index contributed by atoms with van der Waals surface area (Å²) < 4.78 is 0. The topological polar surface area (TPSA) is 84.2 Å². The summed E-state index contributed by atoms with van der Waals surface area (Å²) in [6.07, 6.45) is 0.222. The average Bonchev–Trinajstić information content (AvgIpc) is 2.39. The van der Waals surface area contributed by atoms with Gasteiger partial charge in [0.15, 0.2) is 0 Å². The van der Waals surface area contributed by atoms with Gasteiger partial charge in [-0.25, -0.2) is 0 Å². The van der Waals surface area contributed by atoms with E-state index >= 15 is 0 Å². The third-order valence-electron chi connectivity index (χ3n) is 4.07. The maximum absolute atomic E-state index is 12.5. The minimum Gasteiger partial charge on any atom is -0.359 e. The van der Waals surface area contributed by atoms with E-state index in [9.17, 15) is 9.59 Å². The molecule has 0 aliphatic carbocycles. The number of hydrogen-bond donors (Lipinski definition) is 3. The summed E-state index contributed by atoms with van der Waals surface area (Å²) in [4.78, 5) is 24.0. The van der Waals surface area contributed by atoms with E-state index in [4.69, 9.17) is 5.73 Å². The average molecular weight is 291 g/mol. The van der Waals surface area contributed by atoms with Gasteiger partial charge >= 0.3 is 0 Å². The molecule has 0 unspecified atom stereocenters. The Morgan fingerprint density at radius 1 is 1.14 bits per heavy atom. The van der Waals surface area contributed by atoms with E-state index in [1.54, 1.807) is 13.1 Å². The molecule has 21 heavy (non-hydrogen) atoms. The van der Waals surface area contributed by atoms with Crippen molar-refractivity contribution in [3.8, 4) is 0 Å². The molecule has 0 aliphatic heterocycles.